The van der Waals surface area contributed by atoms with Gasteiger partial charge in [-0.05, 0) is 47.7 Å². The van der Waals surface area contributed by atoms with Gasteiger partial charge in [-0.2, -0.15) is 13.2 Å². The summed E-state index contributed by atoms with van der Waals surface area (Å²) < 4.78 is 51.4. The largest absolute Gasteiger partial charge is 0.416 e. The Morgan fingerprint density at radius 3 is 2.34 bits per heavy atom. The number of alkyl halides is 3. The van der Waals surface area contributed by atoms with Crippen LogP contribution in [0.1, 0.15) is 11.1 Å². The van der Waals surface area contributed by atoms with Crippen LogP contribution < -0.4 is 5.32 Å². The molecule has 0 bridgehead atoms. The lowest BCUT2D eigenvalue weighted by Gasteiger charge is -2.12. The van der Waals surface area contributed by atoms with Crippen LogP contribution in [-0.2, 0) is 15.8 Å². The maximum atomic E-state index is 13.6. The van der Waals surface area contributed by atoms with Crippen LogP contribution in [0.5, 0.6) is 0 Å². The molecule has 1 N–H and O–H groups in total. The van der Waals surface area contributed by atoms with Gasteiger partial charge in [0.1, 0.15) is 12.4 Å². The monoisotopic (exact) mass is 424 g/mol. The predicted molar refractivity (Wildman–Crippen MR) is 99.2 cm³/mol. The zero-order valence-corrected chi connectivity index (χ0v) is 15.3. The average Bonchev–Trinajstić information content (AvgIpc) is 2.91. The van der Waals surface area contributed by atoms with Gasteiger partial charge >= 0.3 is 6.18 Å². The van der Waals surface area contributed by atoms with Gasteiger partial charge in [0, 0.05) is 0 Å². The smallest absolute Gasteiger partial charge is 0.322 e. The number of carbonyl (C=O) groups excluding carboxylic acids is 3. The van der Waals surface area contributed by atoms with Crippen molar-refractivity contribution in [3.05, 3.63) is 70.4 Å². The number of halogens is 4. The second-order valence-electron chi connectivity index (χ2n) is 5.92. The maximum absolute atomic E-state index is 13.6. The summed E-state index contributed by atoms with van der Waals surface area (Å²) in [4.78, 5) is 37.1. The summed E-state index contributed by atoms with van der Waals surface area (Å²) in [6.07, 6.45) is -3.22. The number of benzene rings is 2. The molecule has 3 rings (SSSR count). The number of rotatable bonds is 4. The zero-order chi connectivity index (χ0) is 21.2. The van der Waals surface area contributed by atoms with Crippen molar-refractivity contribution in [2.24, 2.45) is 0 Å². The topological polar surface area (TPSA) is 66.5 Å². The second-order valence-corrected chi connectivity index (χ2v) is 6.91. The molecule has 1 saturated heterocycles. The van der Waals surface area contributed by atoms with E-state index >= 15 is 0 Å². The average molecular weight is 424 g/mol. The van der Waals surface area contributed by atoms with E-state index in [1.165, 1.54) is 36.4 Å². The fourth-order valence-electron chi connectivity index (χ4n) is 2.45. The van der Waals surface area contributed by atoms with Gasteiger partial charge in [0.25, 0.3) is 11.1 Å². The molecule has 1 aliphatic rings. The van der Waals surface area contributed by atoms with E-state index < -0.39 is 41.2 Å². The lowest BCUT2D eigenvalue weighted by atomic mass is 10.1. The van der Waals surface area contributed by atoms with Crippen molar-refractivity contribution in [2.75, 3.05) is 11.9 Å². The van der Waals surface area contributed by atoms with E-state index in [-0.39, 0.29) is 10.6 Å². The highest BCUT2D eigenvalue weighted by Gasteiger charge is 2.36. The van der Waals surface area contributed by atoms with Crippen LogP contribution in [0.25, 0.3) is 6.08 Å². The standard InChI is InChI=1S/C19H12F4N2O3S/c20-13-3-1-2-4-14(13)24-16(26)10-25-17(27)15(29-18(25)28)9-11-5-7-12(8-6-11)19(21,22)23/h1-9H,10H2,(H,24,26)/b15-9-. The van der Waals surface area contributed by atoms with Crippen molar-refractivity contribution in [3.8, 4) is 0 Å². The molecule has 0 saturated carbocycles. The third kappa shape index (κ3) is 4.83. The molecular weight excluding hydrogens is 412 g/mol. The van der Waals surface area contributed by atoms with Gasteiger partial charge in [-0.25, -0.2) is 4.39 Å². The van der Waals surface area contributed by atoms with E-state index in [1.54, 1.807) is 0 Å². The van der Waals surface area contributed by atoms with Crippen molar-refractivity contribution in [1.29, 1.82) is 0 Å². The third-order valence-electron chi connectivity index (χ3n) is 3.86. The number of hydrogen-bond acceptors (Lipinski definition) is 4. The Bertz CT molecular complexity index is 1000. The van der Waals surface area contributed by atoms with Gasteiger partial charge in [-0.1, -0.05) is 24.3 Å². The van der Waals surface area contributed by atoms with Gasteiger partial charge in [-0.15, -0.1) is 0 Å². The summed E-state index contributed by atoms with van der Waals surface area (Å²) in [6.45, 7) is -0.622. The highest BCUT2D eigenvalue weighted by atomic mass is 32.2. The first-order chi connectivity index (χ1) is 13.6. The number of anilines is 1. The second kappa shape index (κ2) is 8.08. The Balaban J connectivity index is 1.70. The lowest BCUT2D eigenvalue weighted by molar-refractivity contribution is -0.137. The maximum Gasteiger partial charge on any atom is 0.416 e. The quantitative estimate of drug-likeness (QED) is 0.579. The Morgan fingerprint density at radius 1 is 1.07 bits per heavy atom. The van der Waals surface area contributed by atoms with Gasteiger partial charge in [0.2, 0.25) is 5.91 Å². The molecule has 10 heteroatoms. The van der Waals surface area contributed by atoms with Crippen LogP contribution in [0.3, 0.4) is 0 Å². The molecule has 1 aliphatic heterocycles. The first-order valence-electron chi connectivity index (χ1n) is 8.12. The highest BCUT2D eigenvalue weighted by molar-refractivity contribution is 8.18. The third-order valence-corrected chi connectivity index (χ3v) is 4.77. The molecule has 3 amide bonds. The van der Waals surface area contributed by atoms with Crippen molar-refractivity contribution in [3.63, 3.8) is 0 Å². The van der Waals surface area contributed by atoms with E-state index in [9.17, 15) is 31.9 Å². The first kappa shape index (κ1) is 20.6. The summed E-state index contributed by atoms with van der Waals surface area (Å²) in [6, 6.07) is 9.46. The number of imide groups is 1. The number of hydrogen-bond donors (Lipinski definition) is 1. The van der Waals surface area contributed by atoms with Crippen LogP contribution in [0.4, 0.5) is 28.0 Å². The summed E-state index contributed by atoms with van der Waals surface area (Å²) in [5.74, 6) is -2.20. The SMILES string of the molecule is O=C(CN1C(=O)S/C(=C\c2ccc(C(F)(F)F)cc2)C1=O)Nc1ccccc1F. The lowest BCUT2D eigenvalue weighted by Crippen LogP contribution is -2.36. The molecule has 0 spiro atoms. The van der Waals surface area contributed by atoms with Crippen LogP contribution in [0.15, 0.2) is 53.4 Å². The molecule has 29 heavy (non-hydrogen) atoms. The molecule has 0 radical (unpaired) electrons. The van der Waals surface area contributed by atoms with Crippen molar-refractivity contribution >= 4 is 40.6 Å². The number of nitrogens with one attached hydrogen (secondary N) is 1. The number of nitrogens with zero attached hydrogens (tertiary/aromatic N) is 1. The number of thioether (sulfide) groups is 1. The Labute approximate surface area is 166 Å². The van der Waals surface area contributed by atoms with Gasteiger partial charge in [-0.3, -0.25) is 19.3 Å². The molecular formula is C19H12F4N2O3S. The highest BCUT2D eigenvalue weighted by Crippen LogP contribution is 2.33. The van der Waals surface area contributed by atoms with Crippen molar-refractivity contribution in [2.45, 2.75) is 6.18 Å². The van der Waals surface area contributed by atoms with Gasteiger partial charge in [0.05, 0.1) is 16.2 Å². The number of amides is 3. The normalized spacial score (nSPS) is 15.9. The van der Waals surface area contributed by atoms with Crippen LogP contribution in [-0.4, -0.2) is 28.5 Å². The number of carbonyl (C=O) groups is 3. The van der Waals surface area contributed by atoms with Crippen LogP contribution >= 0.6 is 11.8 Å². The molecule has 0 unspecified atom stereocenters. The zero-order valence-electron chi connectivity index (χ0n) is 14.5. The Morgan fingerprint density at radius 2 is 1.72 bits per heavy atom. The minimum atomic E-state index is -4.48. The fraction of sp³-hybridized carbons (Fsp3) is 0.105. The van der Waals surface area contributed by atoms with Crippen molar-refractivity contribution < 1.29 is 31.9 Å². The fourth-order valence-corrected chi connectivity index (χ4v) is 3.29. The van der Waals surface area contributed by atoms with E-state index in [2.05, 4.69) is 5.32 Å². The summed E-state index contributed by atoms with van der Waals surface area (Å²) in [7, 11) is 0. The number of para-hydroxylation sites is 1. The molecule has 0 aliphatic carbocycles. The molecule has 0 aromatic heterocycles. The van der Waals surface area contributed by atoms with E-state index in [1.807, 2.05) is 0 Å². The molecule has 5 nitrogen and oxygen atoms in total. The molecule has 150 valence electrons. The molecule has 2 aromatic rings. The van der Waals surface area contributed by atoms with Crippen molar-refractivity contribution in [1.82, 2.24) is 4.90 Å². The Hall–Kier alpha value is -3.14. The Kier molecular flexibility index (Phi) is 5.73. The summed E-state index contributed by atoms with van der Waals surface area (Å²) in [5.41, 5.74) is -0.642. The minimum Gasteiger partial charge on any atom is -0.322 e. The van der Waals surface area contributed by atoms with E-state index in [0.717, 1.165) is 18.2 Å². The molecule has 0 atom stereocenters. The minimum absolute atomic E-state index is 0.0338. The molecule has 1 heterocycles. The summed E-state index contributed by atoms with van der Waals surface area (Å²) in [5, 5.41) is 1.56. The summed E-state index contributed by atoms with van der Waals surface area (Å²) >= 11 is 0.560. The predicted octanol–water partition coefficient (Wildman–Crippen LogP) is 4.52. The van der Waals surface area contributed by atoms with Gasteiger partial charge < -0.3 is 5.32 Å². The van der Waals surface area contributed by atoms with Crippen LogP contribution in [0, 0.1) is 5.82 Å². The van der Waals surface area contributed by atoms with E-state index in [0.29, 0.717) is 22.2 Å². The van der Waals surface area contributed by atoms with Gasteiger partial charge in [0.15, 0.2) is 0 Å². The molecule has 1 fully saturated rings. The van der Waals surface area contributed by atoms with Crippen LogP contribution in [0.2, 0.25) is 0 Å². The molecule has 2 aromatic carbocycles. The van der Waals surface area contributed by atoms with E-state index in [4.69, 9.17) is 0 Å². The first-order valence-corrected chi connectivity index (χ1v) is 8.94.